The number of pyridine rings is 1. The van der Waals surface area contributed by atoms with Gasteiger partial charge in [0.25, 0.3) is 0 Å². The van der Waals surface area contributed by atoms with Gasteiger partial charge in [-0.3, -0.25) is 4.98 Å². The minimum Gasteiger partial charge on any atom is -0.385 e. The Labute approximate surface area is 160 Å². The van der Waals surface area contributed by atoms with Crippen molar-refractivity contribution in [1.29, 1.82) is 0 Å². The van der Waals surface area contributed by atoms with E-state index in [4.69, 9.17) is 4.74 Å². The topological polar surface area (TPSA) is 58.5 Å². The molecule has 0 unspecified atom stereocenters. The molecule has 7 heteroatoms. The van der Waals surface area contributed by atoms with Gasteiger partial charge in [-0.05, 0) is 43.7 Å². The molecule has 1 aliphatic rings. The number of ether oxygens (including phenoxy) is 1. The number of methoxy groups -OCH3 is 1. The quantitative estimate of drug-likeness (QED) is 0.363. The molecular formula is C17H28FIN4O. The summed E-state index contributed by atoms with van der Waals surface area (Å²) in [5.74, 6) is 0.393. The van der Waals surface area contributed by atoms with E-state index in [1.165, 1.54) is 25.3 Å². The van der Waals surface area contributed by atoms with Crippen molar-refractivity contribution in [1.82, 2.24) is 15.6 Å². The number of halogens is 2. The van der Waals surface area contributed by atoms with Crippen LogP contribution in [-0.4, -0.2) is 37.7 Å². The summed E-state index contributed by atoms with van der Waals surface area (Å²) >= 11 is 0. The van der Waals surface area contributed by atoms with Crippen molar-refractivity contribution in [2.75, 3.05) is 26.8 Å². The number of hydrogen-bond donors (Lipinski definition) is 2. The van der Waals surface area contributed by atoms with Gasteiger partial charge in [-0.1, -0.05) is 6.42 Å². The van der Waals surface area contributed by atoms with Gasteiger partial charge >= 0.3 is 0 Å². The maximum absolute atomic E-state index is 13.6. The molecule has 0 saturated heterocycles. The Morgan fingerprint density at radius 1 is 1.42 bits per heavy atom. The number of rotatable bonds is 8. The van der Waals surface area contributed by atoms with Crippen molar-refractivity contribution in [3.8, 4) is 0 Å². The fourth-order valence-corrected chi connectivity index (χ4v) is 2.81. The first-order chi connectivity index (χ1) is 11.2. The molecule has 0 atom stereocenters. The molecule has 0 aliphatic heterocycles. The SMILES string of the molecule is CCNC(=NCc1ncccc1F)NCC1(CCOC)CCC1.I. The molecule has 1 saturated carbocycles. The van der Waals surface area contributed by atoms with Gasteiger partial charge in [0.05, 0.1) is 12.2 Å². The van der Waals surface area contributed by atoms with Gasteiger partial charge in [0.15, 0.2) is 5.96 Å². The summed E-state index contributed by atoms with van der Waals surface area (Å²) in [6.07, 6.45) is 6.36. The van der Waals surface area contributed by atoms with Crippen molar-refractivity contribution in [2.24, 2.45) is 10.4 Å². The van der Waals surface area contributed by atoms with E-state index < -0.39 is 0 Å². The van der Waals surface area contributed by atoms with Gasteiger partial charge in [-0.2, -0.15) is 0 Å². The molecule has 1 heterocycles. The Morgan fingerprint density at radius 2 is 2.21 bits per heavy atom. The first kappa shape index (κ1) is 21.1. The van der Waals surface area contributed by atoms with Crippen LogP contribution in [0, 0.1) is 11.2 Å². The van der Waals surface area contributed by atoms with Gasteiger partial charge in [-0.25, -0.2) is 9.38 Å². The van der Waals surface area contributed by atoms with Crippen molar-refractivity contribution in [3.05, 3.63) is 29.8 Å². The minimum absolute atomic E-state index is 0. The summed E-state index contributed by atoms with van der Waals surface area (Å²) in [4.78, 5) is 8.48. The molecule has 1 fully saturated rings. The Balaban J connectivity index is 0.00000288. The van der Waals surface area contributed by atoms with Crippen LogP contribution in [0.15, 0.2) is 23.3 Å². The van der Waals surface area contributed by atoms with Crippen LogP contribution in [0.4, 0.5) is 4.39 Å². The molecule has 2 rings (SSSR count). The first-order valence-corrected chi connectivity index (χ1v) is 8.29. The van der Waals surface area contributed by atoms with E-state index >= 15 is 0 Å². The summed E-state index contributed by atoms with van der Waals surface area (Å²) in [7, 11) is 1.74. The molecule has 0 radical (unpaired) electrons. The Morgan fingerprint density at radius 3 is 2.79 bits per heavy atom. The lowest BCUT2D eigenvalue weighted by atomic mass is 9.67. The molecule has 0 spiro atoms. The summed E-state index contributed by atoms with van der Waals surface area (Å²) in [6.45, 7) is 4.67. The second-order valence-electron chi connectivity index (χ2n) is 6.08. The molecule has 1 aromatic rings. The highest BCUT2D eigenvalue weighted by Gasteiger charge is 2.36. The number of nitrogens with one attached hydrogen (secondary N) is 2. The highest BCUT2D eigenvalue weighted by atomic mass is 127. The zero-order valence-corrected chi connectivity index (χ0v) is 16.8. The van der Waals surface area contributed by atoms with Gasteiger partial charge < -0.3 is 15.4 Å². The van der Waals surface area contributed by atoms with Gasteiger partial charge in [0.1, 0.15) is 5.82 Å². The van der Waals surface area contributed by atoms with Crippen LogP contribution in [0.25, 0.3) is 0 Å². The largest absolute Gasteiger partial charge is 0.385 e. The van der Waals surface area contributed by atoms with Crippen LogP contribution < -0.4 is 10.6 Å². The third-order valence-electron chi connectivity index (χ3n) is 4.45. The molecule has 0 aromatic carbocycles. The molecule has 0 bridgehead atoms. The average molecular weight is 450 g/mol. The van der Waals surface area contributed by atoms with Gasteiger partial charge in [0.2, 0.25) is 0 Å². The monoisotopic (exact) mass is 450 g/mol. The third-order valence-corrected chi connectivity index (χ3v) is 4.45. The highest BCUT2D eigenvalue weighted by molar-refractivity contribution is 14.0. The summed E-state index contributed by atoms with van der Waals surface area (Å²) in [5.41, 5.74) is 0.671. The normalized spacial score (nSPS) is 16.0. The van der Waals surface area contributed by atoms with E-state index in [-0.39, 0.29) is 36.3 Å². The minimum atomic E-state index is -0.317. The molecule has 2 N–H and O–H groups in total. The van der Waals surface area contributed by atoms with E-state index in [0.29, 0.717) is 17.1 Å². The van der Waals surface area contributed by atoms with Crippen LogP contribution in [0.5, 0.6) is 0 Å². The molecule has 1 aliphatic carbocycles. The maximum Gasteiger partial charge on any atom is 0.191 e. The van der Waals surface area contributed by atoms with E-state index in [0.717, 1.165) is 26.1 Å². The second-order valence-corrected chi connectivity index (χ2v) is 6.08. The van der Waals surface area contributed by atoms with Gasteiger partial charge in [-0.15, -0.1) is 24.0 Å². The van der Waals surface area contributed by atoms with E-state index in [1.54, 1.807) is 19.4 Å². The average Bonchev–Trinajstić information content (AvgIpc) is 2.52. The van der Waals surface area contributed by atoms with Crippen LogP contribution in [0.2, 0.25) is 0 Å². The van der Waals surface area contributed by atoms with Crippen molar-refractivity contribution in [3.63, 3.8) is 0 Å². The lowest BCUT2D eigenvalue weighted by Gasteiger charge is -2.42. The number of guanidine groups is 1. The maximum atomic E-state index is 13.6. The van der Waals surface area contributed by atoms with Crippen molar-refractivity contribution < 1.29 is 9.13 Å². The van der Waals surface area contributed by atoms with Crippen LogP contribution in [0.3, 0.4) is 0 Å². The fourth-order valence-electron chi connectivity index (χ4n) is 2.81. The fraction of sp³-hybridized carbons (Fsp3) is 0.647. The highest BCUT2D eigenvalue weighted by Crippen LogP contribution is 2.43. The number of aliphatic imine (C=N–C) groups is 1. The number of nitrogens with zero attached hydrogens (tertiary/aromatic N) is 2. The van der Waals surface area contributed by atoms with Crippen LogP contribution >= 0.6 is 24.0 Å². The molecule has 0 amide bonds. The molecule has 1 aromatic heterocycles. The zero-order chi connectivity index (χ0) is 16.5. The zero-order valence-electron chi connectivity index (χ0n) is 14.5. The van der Waals surface area contributed by atoms with Crippen molar-refractivity contribution in [2.45, 2.75) is 39.2 Å². The van der Waals surface area contributed by atoms with E-state index in [2.05, 4.69) is 20.6 Å². The summed E-state index contributed by atoms with van der Waals surface area (Å²) in [5, 5.41) is 6.60. The van der Waals surface area contributed by atoms with Crippen LogP contribution in [0.1, 0.15) is 38.3 Å². The van der Waals surface area contributed by atoms with Gasteiger partial charge in [0, 0.05) is 33.0 Å². The van der Waals surface area contributed by atoms with E-state index in [1.807, 2.05) is 6.92 Å². The molecule has 136 valence electrons. The summed E-state index contributed by atoms with van der Waals surface area (Å²) < 4.78 is 18.8. The Bertz CT molecular complexity index is 523. The Hall–Kier alpha value is -0.960. The van der Waals surface area contributed by atoms with E-state index in [9.17, 15) is 4.39 Å². The predicted molar refractivity (Wildman–Crippen MR) is 105 cm³/mol. The van der Waals surface area contributed by atoms with Crippen molar-refractivity contribution >= 4 is 29.9 Å². The lowest BCUT2D eigenvalue weighted by molar-refractivity contribution is 0.0732. The number of hydrogen-bond acceptors (Lipinski definition) is 3. The summed E-state index contributed by atoms with van der Waals surface area (Å²) in [6, 6.07) is 2.99. The molecule has 24 heavy (non-hydrogen) atoms. The second kappa shape index (κ2) is 10.8. The number of aromatic nitrogens is 1. The smallest absolute Gasteiger partial charge is 0.191 e. The predicted octanol–water partition coefficient (Wildman–Crippen LogP) is 3.10. The standard InChI is InChI=1S/C17H27FN4O.HI/c1-3-19-16(21-12-15-14(18)6-4-10-20-15)22-13-17(7-5-8-17)9-11-23-2;/h4,6,10H,3,5,7-9,11-13H2,1-2H3,(H2,19,21,22);1H. The molecule has 5 nitrogen and oxygen atoms in total. The lowest BCUT2D eigenvalue weighted by Crippen LogP contribution is -2.47. The Kier molecular flexibility index (Phi) is 9.50. The third kappa shape index (κ3) is 6.16. The van der Waals surface area contributed by atoms with Crippen LogP contribution in [-0.2, 0) is 11.3 Å². The molecular weight excluding hydrogens is 422 g/mol. The first-order valence-electron chi connectivity index (χ1n) is 8.29.